The first-order valence-corrected chi connectivity index (χ1v) is 8.25. The van der Waals surface area contributed by atoms with Crippen LogP contribution in [0.1, 0.15) is 26.3 Å². The van der Waals surface area contributed by atoms with Crippen LogP contribution >= 0.6 is 11.8 Å². The molecule has 0 amide bonds. The highest BCUT2D eigenvalue weighted by Crippen LogP contribution is 2.39. The fourth-order valence-electron chi connectivity index (χ4n) is 2.56. The minimum absolute atomic E-state index is 0.115. The molecule has 0 spiro atoms. The molecule has 0 radical (unpaired) electrons. The maximum Gasteiger partial charge on any atom is 0.116 e. The zero-order valence-electron chi connectivity index (χ0n) is 13.4. The summed E-state index contributed by atoms with van der Waals surface area (Å²) in [6.07, 6.45) is 3.56. The van der Waals surface area contributed by atoms with E-state index in [2.05, 4.69) is 74.1 Å². The lowest BCUT2D eigenvalue weighted by atomic mass is 9.97. The van der Waals surface area contributed by atoms with Gasteiger partial charge in [0, 0.05) is 16.5 Å². The first-order chi connectivity index (χ1) is 10.5. The van der Waals surface area contributed by atoms with Gasteiger partial charge in [-0.25, -0.2) is 9.97 Å². The minimum atomic E-state index is 0.115. The van der Waals surface area contributed by atoms with Gasteiger partial charge in [-0.1, -0.05) is 68.9 Å². The molecule has 0 unspecified atom stereocenters. The highest BCUT2D eigenvalue weighted by molar-refractivity contribution is 8.00. The number of aromatic nitrogens is 2. The standard InChI is InChI=1S/C19H20N2S/c1-13-9-10-16(15-8-6-5-7-14(13)15)17-11-20-12-21-18(17)22-19(2,3)4/h5-12H,1-4H3. The number of nitrogens with zero attached hydrogens (tertiary/aromatic N) is 2. The SMILES string of the molecule is Cc1ccc(-c2cncnc2SC(C)(C)C)c2ccccc12. The normalized spacial score (nSPS) is 11.8. The van der Waals surface area contributed by atoms with E-state index in [-0.39, 0.29) is 4.75 Å². The second kappa shape index (κ2) is 5.73. The lowest BCUT2D eigenvalue weighted by molar-refractivity contribution is 0.799. The number of fused-ring (bicyclic) bond motifs is 1. The molecular weight excluding hydrogens is 288 g/mol. The summed E-state index contributed by atoms with van der Waals surface area (Å²) >= 11 is 1.78. The summed E-state index contributed by atoms with van der Waals surface area (Å²) in [4.78, 5) is 8.78. The molecule has 0 saturated carbocycles. The van der Waals surface area contributed by atoms with Crippen LogP contribution in [0.2, 0.25) is 0 Å². The first kappa shape index (κ1) is 15.0. The summed E-state index contributed by atoms with van der Waals surface area (Å²) in [5.41, 5.74) is 3.60. The van der Waals surface area contributed by atoms with Crippen LogP contribution in [0.4, 0.5) is 0 Å². The number of aryl methyl sites for hydroxylation is 1. The van der Waals surface area contributed by atoms with Gasteiger partial charge >= 0.3 is 0 Å². The van der Waals surface area contributed by atoms with E-state index in [1.165, 1.54) is 21.9 Å². The van der Waals surface area contributed by atoms with Gasteiger partial charge in [-0.05, 0) is 28.8 Å². The van der Waals surface area contributed by atoms with Crippen LogP contribution in [0.25, 0.3) is 21.9 Å². The van der Waals surface area contributed by atoms with Gasteiger partial charge in [0.2, 0.25) is 0 Å². The lowest BCUT2D eigenvalue weighted by Crippen LogP contribution is -2.08. The summed E-state index contributed by atoms with van der Waals surface area (Å²) in [6.45, 7) is 8.77. The van der Waals surface area contributed by atoms with Crippen molar-refractivity contribution in [3.05, 3.63) is 54.5 Å². The molecule has 2 nitrogen and oxygen atoms in total. The van der Waals surface area contributed by atoms with E-state index < -0.39 is 0 Å². The van der Waals surface area contributed by atoms with Gasteiger partial charge in [0.25, 0.3) is 0 Å². The van der Waals surface area contributed by atoms with Crippen molar-refractivity contribution in [2.45, 2.75) is 37.5 Å². The van der Waals surface area contributed by atoms with Crippen molar-refractivity contribution in [1.82, 2.24) is 9.97 Å². The van der Waals surface area contributed by atoms with Crippen LogP contribution in [-0.2, 0) is 0 Å². The lowest BCUT2D eigenvalue weighted by Gasteiger charge is -2.19. The van der Waals surface area contributed by atoms with E-state index in [1.54, 1.807) is 18.1 Å². The van der Waals surface area contributed by atoms with Crippen LogP contribution in [0.15, 0.2) is 53.9 Å². The molecule has 3 aromatic rings. The van der Waals surface area contributed by atoms with Crippen molar-refractivity contribution in [2.24, 2.45) is 0 Å². The average Bonchev–Trinajstić information content (AvgIpc) is 2.47. The molecule has 3 rings (SSSR count). The Morgan fingerprint density at radius 1 is 0.909 bits per heavy atom. The Bertz CT molecular complexity index is 819. The Morgan fingerprint density at radius 3 is 2.36 bits per heavy atom. The first-order valence-electron chi connectivity index (χ1n) is 7.43. The van der Waals surface area contributed by atoms with E-state index in [0.717, 1.165) is 10.6 Å². The van der Waals surface area contributed by atoms with Crippen LogP contribution in [0, 0.1) is 6.92 Å². The maximum atomic E-state index is 4.52. The molecule has 0 atom stereocenters. The summed E-state index contributed by atoms with van der Waals surface area (Å²) in [7, 11) is 0. The molecule has 1 aromatic heterocycles. The number of hydrogen-bond donors (Lipinski definition) is 0. The van der Waals surface area contributed by atoms with Crippen LogP contribution in [0.5, 0.6) is 0 Å². The largest absolute Gasteiger partial charge is 0.244 e. The predicted molar refractivity (Wildman–Crippen MR) is 95.3 cm³/mol. The maximum absolute atomic E-state index is 4.52. The van der Waals surface area contributed by atoms with E-state index >= 15 is 0 Å². The Balaban J connectivity index is 2.23. The van der Waals surface area contributed by atoms with Crippen LogP contribution in [-0.4, -0.2) is 14.7 Å². The van der Waals surface area contributed by atoms with Crippen LogP contribution < -0.4 is 0 Å². The van der Waals surface area contributed by atoms with Crippen molar-refractivity contribution in [3.8, 4) is 11.1 Å². The molecule has 0 fully saturated rings. The van der Waals surface area contributed by atoms with Gasteiger partial charge < -0.3 is 0 Å². The van der Waals surface area contributed by atoms with Crippen molar-refractivity contribution in [3.63, 3.8) is 0 Å². The fraction of sp³-hybridized carbons (Fsp3) is 0.263. The second-order valence-corrected chi connectivity index (χ2v) is 8.25. The zero-order valence-corrected chi connectivity index (χ0v) is 14.2. The topological polar surface area (TPSA) is 25.8 Å². The molecule has 2 aromatic carbocycles. The zero-order chi connectivity index (χ0) is 15.7. The smallest absolute Gasteiger partial charge is 0.116 e. The molecular formula is C19H20N2S. The molecule has 0 bridgehead atoms. The van der Waals surface area contributed by atoms with Crippen molar-refractivity contribution >= 4 is 22.5 Å². The number of hydrogen-bond acceptors (Lipinski definition) is 3. The molecule has 112 valence electrons. The van der Waals surface area contributed by atoms with Gasteiger partial charge in [-0.3, -0.25) is 0 Å². The van der Waals surface area contributed by atoms with Gasteiger partial charge in [0.05, 0.1) is 0 Å². The van der Waals surface area contributed by atoms with Crippen molar-refractivity contribution in [1.29, 1.82) is 0 Å². The molecule has 22 heavy (non-hydrogen) atoms. The highest BCUT2D eigenvalue weighted by atomic mass is 32.2. The van der Waals surface area contributed by atoms with Gasteiger partial charge in [0.1, 0.15) is 11.4 Å². The Kier molecular flexibility index (Phi) is 3.92. The summed E-state index contributed by atoms with van der Waals surface area (Å²) in [5, 5.41) is 3.58. The fourth-order valence-corrected chi connectivity index (χ4v) is 3.51. The van der Waals surface area contributed by atoms with Gasteiger partial charge in [-0.2, -0.15) is 0 Å². The van der Waals surface area contributed by atoms with E-state index in [1.807, 2.05) is 6.20 Å². The quantitative estimate of drug-likeness (QED) is 0.462. The van der Waals surface area contributed by atoms with Gasteiger partial charge in [0.15, 0.2) is 0 Å². The third-order valence-corrected chi connectivity index (χ3v) is 4.64. The third-order valence-electron chi connectivity index (χ3n) is 3.51. The Labute approximate surface area is 136 Å². The number of benzene rings is 2. The molecule has 0 aliphatic carbocycles. The van der Waals surface area contributed by atoms with Crippen molar-refractivity contribution < 1.29 is 0 Å². The molecule has 0 N–H and O–H groups in total. The second-order valence-electron chi connectivity index (χ2n) is 6.43. The highest BCUT2D eigenvalue weighted by Gasteiger charge is 2.18. The number of thioether (sulfide) groups is 1. The summed E-state index contributed by atoms with van der Waals surface area (Å²) < 4.78 is 0.115. The van der Waals surface area contributed by atoms with Crippen molar-refractivity contribution in [2.75, 3.05) is 0 Å². The van der Waals surface area contributed by atoms with Gasteiger partial charge in [-0.15, -0.1) is 0 Å². The minimum Gasteiger partial charge on any atom is -0.244 e. The predicted octanol–water partition coefficient (Wildman–Crippen LogP) is 5.50. The van der Waals surface area contributed by atoms with Crippen LogP contribution in [0.3, 0.4) is 0 Å². The Hall–Kier alpha value is -1.87. The molecule has 0 aliphatic heterocycles. The van der Waals surface area contributed by atoms with E-state index in [9.17, 15) is 0 Å². The summed E-state index contributed by atoms with van der Waals surface area (Å²) in [5.74, 6) is 0. The molecule has 1 heterocycles. The third kappa shape index (κ3) is 3.00. The molecule has 3 heteroatoms. The van der Waals surface area contributed by atoms with E-state index in [0.29, 0.717) is 0 Å². The average molecular weight is 308 g/mol. The Morgan fingerprint density at radius 2 is 1.64 bits per heavy atom. The molecule has 0 aliphatic rings. The summed E-state index contributed by atoms with van der Waals surface area (Å²) in [6, 6.07) is 12.9. The monoisotopic (exact) mass is 308 g/mol. The van der Waals surface area contributed by atoms with E-state index in [4.69, 9.17) is 0 Å². The molecule has 0 saturated heterocycles. The number of rotatable bonds is 2.